The van der Waals surface area contributed by atoms with E-state index in [1.54, 1.807) is 18.6 Å². The van der Waals surface area contributed by atoms with E-state index in [-0.39, 0.29) is 0 Å². The van der Waals surface area contributed by atoms with Gasteiger partial charge < -0.3 is 4.84 Å². The van der Waals surface area contributed by atoms with Crippen LogP contribution in [0.5, 0.6) is 0 Å². The van der Waals surface area contributed by atoms with Gasteiger partial charge in [-0.1, -0.05) is 35.5 Å². The Balaban J connectivity index is 1.72. The van der Waals surface area contributed by atoms with Crippen molar-refractivity contribution in [2.24, 2.45) is 5.16 Å². The first-order valence-electron chi connectivity index (χ1n) is 5.54. The van der Waals surface area contributed by atoms with Gasteiger partial charge in [-0.3, -0.25) is 4.98 Å². The monoisotopic (exact) mass is 226 g/mol. The molecule has 0 aliphatic heterocycles. The van der Waals surface area contributed by atoms with E-state index in [0.29, 0.717) is 6.61 Å². The summed E-state index contributed by atoms with van der Waals surface area (Å²) in [4.78, 5) is 9.12. The largest absolute Gasteiger partial charge is 0.395 e. The lowest BCUT2D eigenvalue weighted by Gasteiger charge is -1.99. The number of benzene rings is 1. The third-order valence-corrected chi connectivity index (χ3v) is 2.31. The Hall–Kier alpha value is -2.16. The van der Waals surface area contributed by atoms with Crippen LogP contribution in [0.3, 0.4) is 0 Å². The Morgan fingerprint density at radius 1 is 1.06 bits per heavy atom. The number of nitrogens with zero attached hydrogens (tertiary/aromatic N) is 2. The maximum absolute atomic E-state index is 5.19. The summed E-state index contributed by atoms with van der Waals surface area (Å²) in [5, 5.41) is 3.90. The van der Waals surface area contributed by atoms with Gasteiger partial charge >= 0.3 is 0 Å². The number of hydrogen-bond donors (Lipinski definition) is 0. The minimum atomic E-state index is 0.589. The molecule has 0 atom stereocenters. The molecule has 0 radical (unpaired) electrons. The zero-order valence-corrected chi connectivity index (χ0v) is 9.49. The molecule has 0 spiro atoms. The van der Waals surface area contributed by atoms with Gasteiger partial charge in [-0.05, 0) is 23.3 Å². The van der Waals surface area contributed by atoms with Crippen molar-refractivity contribution in [3.8, 4) is 0 Å². The van der Waals surface area contributed by atoms with Gasteiger partial charge in [0.05, 0.1) is 6.21 Å². The summed E-state index contributed by atoms with van der Waals surface area (Å²) in [6.45, 7) is 0.589. The summed E-state index contributed by atoms with van der Waals surface area (Å²) >= 11 is 0. The molecule has 86 valence electrons. The summed E-state index contributed by atoms with van der Waals surface area (Å²) in [5.41, 5.74) is 2.24. The lowest BCUT2D eigenvalue weighted by molar-refractivity contribution is 0.149. The highest BCUT2D eigenvalue weighted by Gasteiger charge is 1.90. The quantitative estimate of drug-likeness (QED) is 0.446. The highest BCUT2D eigenvalue weighted by Crippen LogP contribution is 1.99. The van der Waals surface area contributed by atoms with E-state index < -0.39 is 0 Å². The molecule has 1 heterocycles. The second-order valence-electron chi connectivity index (χ2n) is 3.58. The van der Waals surface area contributed by atoms with E-state index in [1.807, 2.05) is 30.3 Å². The van der Waals surface area contributed by atoms with Crippen LogP contribution in [-0.4, -0.2) is 17.8 Å². The van der Waals surface area contributed by atoms with Crippen molar-refractivity contribution in [2.75, 3.05) is 6.61 Å². The minimum absolute atomic E-state index is 0.589. The minimum Gasteiger partial charge on any atom is -0.395 e. The number of oxime groups is 1. The molecule has 0 amide bonds. The predicted octanol–water partition coefficient (Wildman–Crippen LogP) is 2.67. The van der Waals surface area contributed by atoms with Crippen LogP contribution < -0.4 is 0 Å². The summed E-state index contributed by atoms with van der Waals surface area (Å²) in [7, 11) is 0. The van der Waals surface area contributed by atoms with E-state index >= 15 is 0 Å². The summed E-state index contributed by atoms with van der Waals surface area (Å²) in [5.74, 6) is 0. The normalized spacial score (nSPS) is 10.6. The average molecular weight is 226 g/mol. The van der Waals surface area contributed by atoms with Crippen LogP contribution in [0.1, 0.15) is 11.1 Å². The number of aromatic nitrogens is 1. The summed E-state index contributed by atoms with van der Waals surface area (Å²) < 4.78 is 0. The van der Waals surface area contributed by atoms with Crippen LogP contribution in [0.25, 0.3) is 0 Å². The molecule has 0 bridgehead atoms. The Kier molecular flexibility index (Phi) is 4.28. The van der Waals surface area contributed by atoms with Crippen LogP contribution in [-0.2, 0) is 11.3 Å². The first-order valence-corrected chi connectivity index (χ1v) is 5.54. The molecule has 1 aromatic heterocycles. The second kappa shape index (κ2) is 6.43. The number of pyridine rings is 1. The van der Waals surface area contributed by atoms with Gasteiger partial charge in [0.1, 0.15) is 6.61 Å². The number of hydrogen-bond acceptors (Lipinski definition) is 3. The van der Waals surface area contributed by atoms with E-state index in [1.165, 1.54) is 5.56 Å². The maximum Gasteiger partial charge on any atom is 0.121 e. The zero-order chi connectivity index (χ0) is 11.8. The first-order chi connectivity index (χ1) is 8.45. The molecule has 17 heavy (non-hydrogen) atoms. The highest BCUT2D eigenvalue weighted by atomic mass is 16.6. The van der Waals surface area contributed by atoms with Crippen molar-refractivity contribution in [3.05, 3.63) is 66.0 Å². The molecule has 1 aromatic carbocycles. The average Bonchev–Trinajstić information content (AvgIpc) is 2.41. The molecule has 0 saturated heterocycles. The topological polar surface area (TPSA) is 34.5 Å². The molecule has 0 unspecified atom stereocenters. The van der Waals surface area contributed by atoms with Crippen LogP contribution in [0.2, 0.25) is 0 Å². The van der Waals surface area contributed by atoms with Gasteiger partial charge in [-0.2, -0.15) is 0 Å². The maximum atomic E-state index is 5.19. The number of rotatable bonds is 5. The van der Waals surface area contributed by atoms with Crippen molar-refractivity contribution in [1.29, 1.82) is 0 Å². The standard InChI is InChI=1S/C14H14N2O/c1-2-4-13(5-3-1)8-11-17-16-12-14-6-9-15-10-7-14/h1-7,9-10,12H,8,11H2/b16-12-. The fourth-order valence-electron chi connectivity index (χ4n) is 1.41. The van der Waals surface area contributed by atoms with Crippen molar-refractivity contribution < 1.29 is 4.84 Å². The Bertz CT molecular complexity index is 454. The third kappa shape index (κ3) is 4.07. The van der Waals surface area contributed by atoms with Crippen LogP contribution in [0.15, 0.2) is 60.0 Å². The van der Waals surface area contributed by atoms with E-state index in [2.05, 4.69) is 22.3 Å². The molecule has 3 nitrogen and oxygen atoms in total. The fourth-order valence-corrected chi connectivity index (χ4v) is 1.41. The molecule has 3 heteroatoms. The molecule has 2 aromatic rings. The molecule has 0 aliphatic carbocycles. The van der Waals surface area contributed by atoms with Gasteiger partial charge in [-0.15, -0.1) is 0 Å². The Morgan fingerprint density at radius 2 is 1.82 bits per heavy atom. The van der Waals surface area contributed by atoms with Crippen LogP contribution >= 0.6 is 0 Å². The molecule has 0 aliphatic rings. The van der Waals surface area contributed by atoms with Crippen molar-refractivity contribution >= 4 is 6.21 Å². The van der Waals surface area contributed by atoms with Crippen molar-refractivity contribution in [1.82, 2.24) is 4.98 Å². The fraction of sp³-hybridized carbons (Fsp3) is 0.143. The lowest BCUT2D eigenvalue weighted by atomic mass is 10.2. The van der Waals surface area contributed by atoms with Crippen molar-refractivity contribution in [2.45, 2.75) is 6.42 Å². The van der Waals surface area contributed by atoms with E-state index in [4.69, 9.17) is 4.84 Å². The zero-order valence-electron chi connectivity index (χ0n) is 9.49. The van der Waals surface area contributed by atoms with Gasteiger partial charge in [-0.25, -0.2) is 0 Å². The van der Waals surface area contributed by atoms with Crippen LogP contribution in [0.4, 0.5) is 0 Å². The van der Waals surface area contributed by atoms with Gasteiger partial charge in [0, 0.05) is 18.8 Å². The van der Waals surface area contributed by atoms with Crippen LogP contribution in [0, 0.1) is 0 Å². The highest BCUT2D eigenvalue weighted by molar-refractivity contribution is 5.78. The Labute approximate surface area is 101 Å². The molecule has 0 fully saturated rings. The third-order valence-electron chi connectivity index (χ3n) is 2.31. The Morgan fingerprint density at radius 3 is 2.59 bits per heavy atom. The van der Waals surface area contributed by atoms with Gasteiger partial charge in [0.25, 0.3) is 0 Å². The van der Waals surface area contributed by atoms with E-state index in [9.17, 15) is 0 Å². The first kappa shape index (κ1) is 11.3. The predicted molar refractivity (Wildman–Crippen MR) is 67.9 cm³/mol. The molecular formula is C14H14N2O. The summed E-state index contributed by atoms with van der Waals surface area (Å²) in [6, 6.07) is 14.0. The summed E-state index contributed by atoms with van der Waals surface area (Å²) in [6.07, 6.45) is 6.01. The van der Waals surface area contributed by atoms with Gasteiger partial charge in [0.2, 0.25) is 0 Å². The lowest BCUT2D eigenvalue weighted by Crippen LogP contribution is -1.94. The van der Waals surface area contributed by atoms with E-state index in [0.717, 1.165) is 12.0 Å². The smallest absolute Gasteiger partial charge is 0.121 e. The molecule has 2 rings (SSSR count). The second-order valence-corrected chi connectivity index (χ2v) is 3.58. The molecular weight excluding hydrogens is 212 g/mol. The molecule has 0 N–H and O–H groups in total. The SMILES string of the molecule is C(=N/OCCc1ccccc1)/c1ccncc1. The molecule has 0 saturated carbocycles. The van der Waals surface area contributed by atoms with Crippen molar-refractivity contribution in [3.63, 3.8) is 0 Å². The van der Waals surface area contributed by atoms with Gasteiger partial charge in [0.15, 0.2) is 0 Å².